The van der Waals surface area contributed by atoms with E-state index in [-0.39, 0.29) is 12.0 Å². The summed E-state index contributed by atoms with van der Waals surface area (Å²) < 4.78 is 15.5. The van der Waals surface area contributed by atoms with Crippen LogP contribution < -0.4 is 0 Å². The Morgan fingerprint density at radius 2 is 2.05 bits per heavy atom. The van der Waals surface area contributed by atoms with Gasteiger partial charge in [-0.3, -0.25) is 4.68 Å². The highest BCUT2D eigenvalue weighted by Gasteiger charge is 2.20. The van der Waals surface area contributed by atoms with E-state index in [0.29, 0.717) is 28.7 Å². The molecular weight excluding hydrogens is 314 g/mol. The van der Waals surface area contributed by atoms with E-state index in [1.54, 1.807) is 4.68 Å². The van der Waals surface area contributed by atoms with Gasteiger partial charge in [-0.25, -0.2) is 4.39 Å². The molecule has 114 valence electrons. The van der Waals surface area contributed by atoms with E-state index in [1.165, 1.54) is 18.2 Å². The highest BCUT2D eigenvalue weighted by Crippen LogP contribution is 2.29. The van der Waals surface area contributed by atoms with Crippen LogP contribution in [0.1, 0.15) is 36.9 Å². The Hall–Kier alpha value is -1.10. The monoisotopic (exact) mass is 330 g/mol. The average molecular weight is 331 g/mol. The van der Waals surface area contributed by atoms with Gasteiger partial charge in [0.1, 0.15) is 5.82 Å². The fourth-order valence-corrected chi connectivity index (χ4v) is 2.80. The van der Waals surface area contributed by atoms with E-state index in [1.807, 2.05) is 13.8 Å². The fraction of sp³-hybridized carbons (Fsp3) is 0.400. The smallest absolute Gasteiger partial charge is 0.129 e. The molecule has 0 spiro atoms. The largest absolute Gasteiger partial charge is 0.388 e. The number of aromatic nitrogens is 2. The molecule has 0 aliphatic rings. The van der Waals surface area contributed by atoms with Crippen molar-refractivity contribution in [3.05, 3.63) is 51.0 Å². The quantitative estimate of drug-likeness (QED) is 0.892. The molecule has 1 unspecified atom stereocenters. The lowest BCUT2D eigenvalue weighted by atomic mass is 10.0. The number of aliphatic hydroxyl groups is 1. The molecule has 1 N–H and O–H groups in total. The summed E-state index contributed by atoms with van der Waals surface area (Å²) in [4.78, 5) is 0. The Morgan fingerprint density at radius 1 is 1.33 bits per heavy atom. The summed E-state index contributed by atoms with van der Waals surface area (Å²) in [5, 5.41) is 15.6. The van der Waals surface area contributed by atoms with Crippen LogP contribution in [0.2, 0.25) is 10.0 Å². The van der Waals surface area contributed by atoms with Crippen LogP contribution >= 0.6 is 23.2 Å². The Balaban J connectivity index is 2.33. The summed E-state index contributed by atoms with van der Waals surface area (Å²) in [6.07, 6.45) is -0.120. The van der Waals surface area contributed by atoms with Crippen LogP contribution in [0, 0.1) is 5.82 Å². The fourth-order valence-electron chi connectivity index (χ4n) is 2.28. The summed E-state index contributed by atoms with van der Waals surface area (Å²) >= 11 is 12.2. The molecule has 1 atom stereocenters. The van der Waals surface area contributed by atoms with Crippen molar-refractivity contribution in [1.29, 1.82) is 0 Å². The van der Waals surface area contributed by atoms with Crippen LogP contribution in [0.5, 0.6) is 0 Å². The third kappa shape index (κ3) is 3.39. The molecule has 0 amide bonds. The van der Waals surface area contributed by atoms with Crippen LogP contribution in [0.25, 0.3) is 0 Å². The SMILES string of the molecule is CCc1nn(CC)c(CC(O)c2cc(Cl)ccc2F)c1Cl. The minimum absolute atomic E-state index is 0.167. The van der Waals surface area contributed by atoms with E-state index < -0.39 is 11.9 Å². The molecule has 3 nitrogen and oxygen atoms in total. The van der Waals surface area contributed by atoms with Gasteiger partial charge in [0.25, 0.3) is 0 Å². The molecule has 1 heterocycles. The van der Waals surface area contributed by atoms with E-state index in [4.69, 9.17) is 23.2 Å². The van der Waals surface area contributed by atoms with Crippen molar-refractivity contribution < 1.29 is 9.50 Å². The maximum atomic E-state index is 13.8. The second-order valence-electron chi connectivity index (χ2n) is 4.76. The van der Waals surface area contributed by atoms with E-state index in [0.717, 1.165) is 5.69 Å². The van der Waals surface area contributed by atoms with Crippen LogP contribution in [0.15, 0.2) is 18.2 Å². The summed E-state index contributed by atoms with van der Waals surface area (Å²) in [6, 6.07) is 4.13. The molecule has 0 radical (unpaired) electrons. The summed E-state index contributed by atoms with van der Waals surface area (Å²) in [5.41, 5.74) is 1.66. The number of hydrogen-bond donors (Lipinski definition) is 1. The number of rotatable bonds is 5. The van der Waals surface area contributed by atoms with Gasteiger partial charge in [0, 0.05) is 23.6 Å². The maximum Gasteiger partial charge on any atom is 0.129 e. The third-order valence-corrected chi connectivity index (χ3v) is 4.07. The summed E-state index contributed by atoms with van der Waals surface area (Å²) in [6.45, 7) is 4.55. The van der Waals surface area contributed by atoms with Gasteiger partial charge in [0.2, 0.25) is 0 Å². The van der Waals surface area contributed by atoms with Gasteiger partial charge in [-0.1, -0.05) is 30.1 Å². The molecule has 2 aromatic rings. The second kappa shape index (κ2) is 6.77. The average Bonchev–Trinajstić information content (AvgIpc) is 2.77. The van der Waals surface area contributed by atoms with Crippen molar-refractivity contribution in [2.24, 2.45) is 0 Å². The molecule has 0 saturated carbocycles. The normalized spacial score (nSPS) is 12.7. The van der Waals surface area contributed by atoms with Crippen LogP contribution in [0.4, 0.5) is 4.39 Å². The van der Waals surface area contributed by atoms with Crippen molar-refractivity contribution >= 4 is 23.2 Å². The zero-order chi connectivity index (χ0) is 15.6. The van der Waals surface area contributed by atoms with Gasteiger partial charge in [-0.15, -0.1) is 0 Å². The van der Waals surface area contributed by atoms with Gasteiger partial charge in [-0.2, -0.15) is 5.10 Å². The second-order valence-corrected chi connectivity index (χ2v) is 5.58. The lowest BCUT2D eigenvalue weighted by Gasteiger charge is -2.13. The first kappa shape index (κ1) is 16.3. The molecule has 6 heteroatoms. The van der Waals surface area contributed by atoms with Crippen molar-refractivity contribution in [2.75, 3.05) is 0 Å². The molecule has 1 aromatic carbocycles. The Morgan fingerprint density at radius 3 is 2.67 bits per heavy atom. The minimum atomic E-state index is -1.02. The third-order valence-electron chi connectivity index (χ3n) is 3.40. The molecule has 0 aliphatic carbocycles. The Bertz CT molecular complexity index is 643. The molecule has 2 rings (SSSR count). The van der Waals surface area contributed by atoms with Crippen molar-refractivity contribution in [3.63, 3.8) is 0 Å². The topological polar surface area (TPSA) is 38.0 Å². The first-order chi connectivity index (χ1) is 9.97. The van der Waals surface area contributed by atoms with Gasteiger partial charge in [0.15, 0.2) is 0 Å². The summed E-state index contributed by atoms with van der Waals surface area (Å²) in [5.74, 6) is -0.485. The number of nitrogens with zero attached hydrogens (tertiary/aromatic N) is 2. The van der Waals surface area contributed by atoms with E-state index in [9.17, 15) is 9.50 Å². The number of benzene rings is 1. The minimum Gasteiger partial charge on any atom is -0.388 e. The van der Waals surface area contributed by atoms with Crippen LogP contribution in [0.3, 0.4) is 0 Å². The lowest BCUT2D eigenvalue weighted by molar-refractivity contribution is 0.170. The van der Waals surface area contributed by atoms with Gasteiger partial charge < -0.3 is 5.11 Å². The zero-order valence-corrected chi connectivity index (χ0v) is 13.4. The first-order valence-corrected chi connectivity index (χ1v) is 7.60. The van der Waals surface area contributed by atoms with Crippen molar-refractivity contribution in [2.45, 2.75) is 39.3 Å². The van der Waals surface area contributed by atoms with Gasteiger partial charge in [0.05, 0.1) is 22.5 Å². The molecule has 0 fully saturated rings. The lowest BCUT2D eigenvalue weighted by Crippen LogP contribution is -2.10. The van der Waals surface area contributed by atoms with Crippen LogP contribution in [-0.4, -0.2) is 14.9 Å². The van der Waals surface area contributed by atoms with E-state index >= 15 is 0 Å². The van der Waals surface area contributed by atoms with E-state index in [2.05, 4.69) is 5.10 Å². The molecule has 21 heavy (non-hydrogen) atoms. The molecule has 0 saturated heterocycles. The zero-order valence-electron chi connectivity index (χ0n) is 11.9. The number of hydrogen-bond acceptors (Lipinski definition) is 2. The summed E-state index contributed by atoms with van der Waals surface area (Å²) in [7, 11) is 0. The maximum absolute atomic E-state index is 13.8. The highest BCUT2D eigenvalue weighted by molar-refractivity contribution is 6.32. The molecule has 0 aliphatic heterocycles. The standard InChI is InChI=1S/C15H17Cl2FN2O/c1-3-12-15(17)13(20(4-2)19-12)8-14(21)10-7-9(16)5-6-11(10)18/h5-7,14,21H,3-4,8H2,1-2H3. The Labute approximate surface area is 133 Å². The van der Waals surface area contributed by atoms with Gasteiger partial charge in [-0.05, 0) is 31.5 Å². The van der Waals surface area contributed by atoms with Crippen LogP contribution in [-0.2, 0) is 19.4 Å². The predicted molar refractivity (Wildman–Crippen MR) is 82.4 cm³/mol. The molecule has 0 bridgehead atoms. The molecule has 1 aromatic heterocycles. The molecular formula is C15H17Cl2FN2O. The predicted octanol–water partition coefficient (Wildman–Crippen LogP) is 4.19. The van der Waals surface area contributed by atoms with Gasteiger partial charge >= 0.3 is 0 Å². The first-order valence-electron chi connectivity index (χ1n) is 6.84. The Kier molecular flexibility index (Phi) is 5.25. The number of halogens is 3. The van der Waals surface area contributed by atoms with Crippen molar-refractivity contribution in [1.82, 2.24) is 9.78 Å². The number of aliphatic hydroxyl groups excluding tert-OH is 1. The highest BCUT2D eigenvalue weighted by atomic mass is 35.5. The van der Waals surface area contributed by atoms with Crippen molar-refractivity contribution in [3.8, 4) is 0 Å². The number of aryl methyl sites for hydroxylation is 2.